The van der Waals surface area contributed by atoms with E-state index in [-0.39, 0.29) is 15.8 Å². The highest BCUT2D eigenvalue weighted by molar-refractivity contribution is 7.91. The number of aliphatic carboxylic acids is 2. The molecule has 0 bridgehead atoms. The molecule has 11 heteroatoms. The van der Waals surface area contributed by atoms with Crippen molar-refractivity contribution in [1.29, 1.82) is 0 Å². The van der Waals surface area contributed by atoms with Crippen LogP contribution in [0.15, 0.2) is 69.3 Å². The van der Waals surface area contributed by atoms with Crippen molar-refractivity contribution in [2.75, 3.05) is 20.2 Å². The van der Waals surface area contributed by atoms with Crippen LogP contribution >= 0.6 is 0 Å². The molecule has 0 amide bonds. The number of hydrogen-bond acceptors (Lipinski definition) is 8. The fraction of sp³-hybridized carbons (Fsp3) is 0.393. The van der Waals surface area contributed by atoms with Crippen LogP contribution in [-0.4, -0.2) is 60.7 Å². The topological polar surface area (TPSA) is 147 Å². The van der Waals surface area contributed by atoms with E-state index in [9.17, 15) is 8.42 Å². The van der Waals surface area contributed by atoms with Crippen LogP contribution in [0.1, 0.15) is 62.0 Å². The van der Waals surface area contributed by atoms with Crippen LogP contribution in [0.25, 0.3) is 0 Å². The third kappa shape index (κ3) is 7.67. The number of hydrogen-bond donors (Lipinski definition) is 2. The van der Waals surface area contributed by atoms with Gasteiger partial charge < -0.3 is 19.4 Å². The second-order valence-electron chi connectivity index (χ2n) is 9.55. The van der Waals surface area contributed by atoms with Gasteiger partial charge >= 0.3 is 11.9 Å². The number of aryl methyl sites for hydroxylation is 1. The highest BCUT2D eigenvalue weighted by Gasteiger charge is 2.27. The average Bonchev–Trinajstić information content (AvgIpc) is 3.43. The number of carbonyl (C=O) groups is 2. The van der Waals surface area contributed by atoms with Gasteiger partial charge in [-0.2, -0.15) is 0 Å². The monoisotopic (exact) mass is 558 g/mol. The molecule has 2 aromatic carbocycles. The Morgan fingerprint density at radius 2 is 1.77 bits per heavy atom. The van der Waals surface area contributed by atoms with Gasteiger partial charge in [-0.15, -0.1) is 0 Å². The summed E-state index contributed by atoms with van der Waals surface area (Å²) in [5.41, 5.74) is 2.93. The minimum atomic E-state index is -3.73. The molecule has 1 aliphatic carbocycles. The van der Waals surface area contributed by atoms with Crippen molar-refractivity contribution in [3.05, 3.63) is 71.8 Å². The highest BCUT2D eigenvalue weighted by Crippen LogP contribution is 2.33. The molecule has 0 aliphatic heterocycles. The molecule has 0 radical (unpaired) electrons. The van der Waals surface area contributed by atoms with Crippen LogP contribution in [0.5, 0.6) is 5.75 Å². The van der Waals surface area contributed by atoms with Crippen LogP contribution < -0.4 is 4.74 Å². The van der Waals surface area contributed by atoms with Crippen molar-refractivity contribution in [2.45, 2.75) is 61.4 Å². The van der Waals surface area contributed by atoms with Gasteiger partial charge in [-0.3, -0.25) is 4.90 Å². The molecular weight excluding hydrogens is 524 g/mol. The first-order chi connectivity index (χ1) is 18.5. The first kappa shape index (κ1) is 29.9. The number of benzene rings is 2. The summed E-state index contributed by atoms with van der Waals surface area (Å²) in [7, 11) is -1.55. The van der Waals surface area contributed by atoms with Gasteiger partial charge in [0.15, 0.2) is 6.39 Å². The minimum absolute atomic E-state index is 0.0153. The lowest BCUT2D eigenvalue weighted by Gasteiger charge is -2.33. The zero-order valence-corrected chi connectivity index (χ0v) is 23.1. The van der Waals surface area contributed by atoms with Crippen molar-refractivity contribution in [3.63, 3.8) is 0 Å². The Morgan fingerprint density at radius 3 is 2.41 bits per heavy atom. The van der Waals surface area contributed by atoms with E-state index in [4.69, 9.17) is 29.0 Å². The van der Waals surface area contributed by atoms with Crippen molar-refractivity contribution < 1.29 is 37.4 Å². The maximum Gasteiger partial charge on any atom is 0.414 e. The predicted molar refractivity (Wildman–Crippen MR) is 143 cm³/mol. The molecule has 1 unspecified atom stereocenters. The first-order valence-electron chi connectivity index (χ1n) is 12.7. The van der Waals surface area contributed by atoms with Crippen LogP contribution in [0.4, 0.5) is 0 Å². The normalized spacial score (nSPS) is 14.8. The molecule has 39 heavy (non-hydrogen) atoms. The summed E-state index contributed by atoms with van der Waals surface area (Å²) in [6.45, 7) is 5.27. The van der Waals surface area contributed by atoms with E-state index in [2.05, 4.69) is 41.2 Å². The summed E-state index contributed by atoms with van der Waals surface area (Å²) in [5, 5.41) is 14.8. The Bertz CT molecular complexity index is 1350. The number of carboxylic acid groups (broad SMARTS) is 2. The standard InChI is InChI=1S/C26H32N2O4S.C2H2O4/c1-19(2)25-26(27-18-32-25)33(29,30)22-14-12-21(13-15-22)31-17-7-16-28(3)24-11-6-9-20-8-4-5-10-23(20)24;3-1(4)2(5)6/h4-5,8,10,12-15,18-19,24H,6-7,9,11,16-17H2,1-3H3;(H,3,4)(H,5,6). The first-order valence-corrected chi connectivity index (χ1v) is 14.2. The number of nitrogens with zero attached hydrogens (tertiary/aromatic N) is 2. The molecule has 1 heterocycles. The Balaban J connectivity index is 0.000000631. The number of carboxylic acids is 2. The summed E-state index contributed by atoms with van der Waals surface area (Å²) in [4.78, 5) is 24.7. The van der Waals surface area contributed by atoms with Crippen molar-refractivity contribution >= 4 is 21.8 Å². The van der Waals surface area contributed by atoms with Crippen molar-refractivity contribution in [1.82, 2.24) is 9.88 Å². The molecular formula is C28H34N2O8S. The number of aromatic nitrogens is 1. The Hall–Kier alpha value is -3.70. The smallest absolute Gasteiger partial charge is 0.414 e. The van der Waals surface area contributed by atoms with E-state index in [1.807, 2.05) is 13.8 Å². The third-order valence-corrected chi connectivity index (χ3v) is 8.16. The van der Waals surface area contributed by atoms with E-state index in [1.165, 1.54) is 36.8 Å². The zero-order valence-electron chi connectivity index (χ0n) is 22.2. The quantitative estimate of drug-likeness (QED) is 0.283. The van der Waals surface area contributed by atoms with Gasteiger partial charge in [0.05, 0.1) is 11.5 Å². The Kier molecular flexibility index (Phi) is 10.2. The SMILES string of the molecule is CC(C)c1ocnc1S(=O)(=O)c1ccc(OCCCN(C)C2CCCc3ccccc32)cc1.O=C(O)C(=O)O. The lowest BCUT2D eigenvalue weighted by molar-refractivity contribution is -0.159. The van der Waals surface area contributed by atoms with Gasteiger partial charge in [0, 0.05) is 18.5 Å². The number of ether oxygens (including phenoxy) is 1. The summed E-state index contributed by atoms with van der Waals surface area (Å²) >= 11 is 0. The zero-order chi connectivity index (χ0) is 28.6. The predicted octanol–water partition coefficient (Wildman–Crippen LogP) is 4.56. The molecule has 1 atom stereocenters. The number of oxazole rings is 1. The maximum absolute atomic E-state index is 12.9. The summed E-state index contributed by atoms with van der Waals surface area (Å²) < 4.78 is 37.0. The number of rotatable bonds is 9. The average molecular weight is 559 g/mol. The van der Waals surface area contributed by atoms with Gasteiger partial charge in [0.25, 0.3) is 0 Å². The molecule has 1 aliphatic rings. The molecule has 0 saturated heterocycles. The number of fused-ring (bicyclic) bond motifs is 1. The van der Waals surface area contributed by atoms with Gasteiger partial charge in [0.1, 0.15) is 11.5 Å². The van der Waals surface area contributed by atoms with Gasteiger partial charge in [-0.25, -0.2) is 23.0 Å². The molecule has 4 rings (SSSR count). The fourth-order valence-electron chi connectivity index (χ4n) is 4.50. The summed E-state index contributed by atoms with van der Waals surface area (Å²) in [6, 6.07) is 15.7. The van der Waals surface area contributed by atoms with Crippen molar-refractivity contribution in [2.24, 2.45) is 0 Å². The minimum Gasteiger partial charge on any atom is -0.494 e. The molecule has 0 spiro atoms. The van der Waals surface area contributed by atoms with Crippen LogP contribution in [0, 0.1) is 0 Å². The second kappa shape index (κ2) is 13.4. The van der Waals surface area contributed by atoms with E-state index in [1.54, 1.807) is 24.3 Å². The van der Waals surface area contributed by atoms with E-state index in [0.29, 0.717) is 24.2 Å². The molecule has 10 nitrogen and oxygen atoms in total. The van der Waals surface area contributed by atoms with Crippen LogP contribution in [-0.2, 0) is 25.8 Å². The molecule has 0 saturated carbocycles. The summed E-state index contributed by atoms with van der Waals surface area (Å²) in [6.07, 6.45) is 5.67. The lowest BCUT2D eigenvalue weighted by Crippen LogP contribution is -2.29. The molecule has 0 fully saturated rings. The summed E-state index contributed by atoms with van der Waals surface area (Å²) in [5.74, 6) is -2.69. The largest absolute Gasteiger partial charge is 0.494 e. The lowest BCUT2D eigenvalue weighted by atomic mass is 9.87. The number of sulfone groups is 1. The second-order valence-corrected chi connectivity index (χ2v) is 11.4. The molecule has 210 valence electrons. The Labute approximate surface area is 228 Å². The van der Waals surface area contributed by atoms with E-state index in [0.717, 1.165) is 13.0 Å². The van der Waals surface area contributed by atoms with Crippen molar-refractivity contribution in [3.8, 4) is 5.75 Å². The highest BCUT2D eigenvalue weighted by atomic mass is 32.2. The van der Waals surface area contributed by atoms with Gasteiger partial charge in [-0.1, -0.05) is 38.1 Å². The third-order valence-electron chi connectivity index (χ3n) is 6.45. The van der Waals surface area contributed by atoms with Crippen LogP contribution in [0.2, 0.25) is 0 Å². The van der Waals surface area contributed by atoms with E-state index < -0.39 is 21.8 Å². The Morgan fingerprint density at radius 1 is 1.10 bits per heavy atom. The molecule has 3 aromatic rings. The molecule has 1 aromatic heterocycles. The van der Waals surface area contributed by atoms with Gasteiger partial charge in [-0.05, 0) is 68.1 Å². The van der Waals surface area contributed by atoms with Gasteiger partial charge in [0.2, 0.25) is 14.9 Å². The fourth-order valence-corrected chi connectivity index (χ4v) is 5.95. The maximum atomic E-state index is 12.9. The van der Waals surface area contributed by atoms with E-state index >= 15 is 0 Å². The van der Waals surface area contributed by atoms with Crippen LogP contribution in [0.3, 0.4) is 0 Å². The molecule has 2 N–H and O–H groups in total.